The van der Waals surface area contributed by atoms with E-state index >= 15 is 0 Å². The number of methoxy groups -OCH3 is 2. The number of carbonyl (C=O) groups is 1. The number of halogens is 1. The van der Waals surface area contributed by atoms with Gasteiger partial charge in [-0.2, -0.15) is 0 Å². The molecule has 0 aromatic heterocycles. The van der Waals surface area contributed by atoms with Crippen LogP contribution in [-0.2, 0) is 11.2 Å². The average molecular weight is 345 g/mol. The van der Waals surface area contributed by atoms with E-state index in [9.17, 15) is 4.79 Å². The van der Waals surface area contributed by atoms with Crippen LogP contribution in [0.1, 0.15) is 26.3 Å². The van der Waals surface area contributed by atoms with Gasteiger partial charge in [0, 0.05) is 13.1 Å². The average Bonchev–Trinajstić information content (AvgIpc) is 2.49. The van der Waals surface area contributed by atoms with E-state index < -0.39 is 6.04 Å². The summed E-state index contributed by atoms with van der Waals surface area (Å²) in [5.74, 6) is 1.81. The van der Waals surface area contributed by atoms with E-state index in [1.165, 1.54) is 0 Å². The lowest BCUT2D eigenvalue weighted by molar-refractivity contribution is -0.132. The highest BCUT2D eigenvalue weighted by Gasteiger charge is 2.18. The van der Waals surface area contributed by atoms with Gasteiger partial charge in [0.05, 0.1) is 20.3 Å². The molecule has 5 nitrogen and oxygen atoms in total. The molecule has 0 saturated carbocycles. The zero-order chi connectivity index (χ0) is 16.7. The van der Waals surface area contributed by atoms with Gasteiger partial charge < -0.3 is 20.1 Å². The highest BCUT2D eigenvalue weighted by Crippen LogP contribution is 2.27. The molecule has 0 fully saturated rings. The molecular formula is C17H29ClN2O3. The predicted molar refractivity (Wildman–Crippen MR) is 95.6 cm³/mol. The van der Waals surface area contributed by atoms with Crippen molar-refractivity contribution in [2.75, 3.05) is 27.3 Å². The molecule has 0 unspecified atom stereocenters. The van der Waals surface area contributed by atoms with Gasteiger partial charge in [0.15, 0.2) is 11.5 Å². The van der Waals surface area contributed by atoms with Gasteiger partial charge in [-0.05, 0) is 37.0 Å². The van der Waals surface area contributed by atoms with Crippen molar-refractivity contribution >= 4 is 18.3 Å². The number of nitrogens with two attached hydrogens (primary N) is 1. The summed E-state index contributed by atoms with van der Waals surface area (Å²) in [6.45, 7) is 7.28. The molecule has 0 spiro atoms. The summed E-state index contributed by atoms with van der Waals surface area (Å²) in [5.41, 5.74) is 6.84. The number of benzene rings is 1. The van der Waals surface area contributed by atoms with Gasteiger partial charge in [-0.3, -0.25) is 4.79 Å². The van der Waals surface area contributed by atoms with E-state index in [1.54, 1.807) is 21.1 Å². The predicted octanol–water partition coefficient (Wildman–Crippen LogP) is 2.50. The second kappa shape index (κ2) is 10.3. The van der Waals surface area contributed by atoms with E-state index in [0.717, 1.165) is 12.0 Å². The van der Waals surface area contributed by atoms with Crippen LogP contribution in [0.3, 0.4) is 0 Å². The van der Waals surface area contributed by atoms with Crippen LogP contribution in [-0.4, -0.2) is 44.2 Å². The van der Waals surface area contributed by atoms with E-state index in [0.29, 0.717) is 30.5 Å². The van der Waals surface area contributed by atoms with Crippen LogP contribution in [0, 0.1) is 5.92 Å². The number of carbonyl (C=O) groups excluding carboxylic acids is 1. The van der Waals surface area contributed by atoms with Gasteiger partial charge in [0.2, 0.25) is 5.91 Å². The minimum absolute atomic E-state index is 0. The Bertz CT molecular complexity index is 493. The molecule has 0 heterocycles. The lowest BCUT2D eigenvalue weighted by Crippen LogP contribution is -2.44. The molecule has 0 radical (unpaired) electrons. The molecule has 6 heteroatoms. The largest absolute Gasteiger partial charge is 0.493 e. The molecule has 1 amide bonds. The summed E-state index contributed by atoms with van der Waals surface area (Å²) < 4.78 is 10.5. The van der Waals surface area contributed by atoms with Crippen LogP contribution in [0.15, 0.2) is 18.2 Å². The third kappa shape index (κ3) is 6.67. The Balaban J connectivity index is 0.00000484. The molecule has 0 saturated heterocycles. The molecule has 1 rings (SSSR count). The van der Waals surface area contributed by atoms with Gasteiger partial charge in [0.25, 0.3) is 0 Å². The summed E-state index contributed by atoms with van der Waals surface area (Å²) >= 11 is 0. The van der Waals surface area contributed by atoms with E-state index in [-0.39, 0.29) is 18.3 Å². The molecule has 23 heavy (non-hydrogen) atoms. The number of amides is 1. The number of nitrogens with zero attached hydrogens (tertiary/aromatic N) is 1. The Hall–Kier alpha value is -1.46. The number of hydrogen-bond acceptors (Lipinski definition) is 4. The molecule has 0 bridgehead atoms. The van der Waals surface area contributed by atoms with Crippen molar-refractivity contribution in [3.05, 3.63) is 23.8 Å². The standard InChI is InChI=1S/C17H28N2O3.ClH/c1-12(2)11-19(17(20)13(3)18)9-8-14-6-7-15(21-4)16(10-14)22-5;/h6-7,10,12-13H,8-9,11,18H2,1-5H3;1H/t13-;/m0./s1. The van der Waals surface area contributed by atoms with Crippen LogP contribution in [0.5, 0.6) is 11.5 Å². The Morgan fingerprint density at radius 3 is 2.26 bits per heavy atom. The van der Waals surface area contributed by atoms with Gasteiger partial charge in [-0.25, -0.2) is 0 Å². The Morgan fingerprint density at radius 1 is 1.17 bits per heavy atom. The molecule has 1 aromatic carbocycles. The zero-order valence-electron chi connectivity index (χ0n) is 14.7. The zero-order valence-corrected chi connectivity index (χ0v) is 15.5. The smallest absolute Gasteiger partial charge is 0.239 e. The maximum absolute atomic E-state index is 12.2. The van der Waals surface area contributed by atoms with Crippen LogP contribution in [0.4, 0.5) is 0 Å². The number of rotatable bonds is 8. The SMILES string of the molecule is COc1ccc(CCN(CC(C)C)C(=O)[C@H](C)N)cc1OC.Cl. The summed E-state index contributed by atoms with van der Waals surface area (Å²) in [4.78, 5) is 14.0. The van der Waals surface area contributed by atoms with Gasteiger partial charge in [-0.1, -0.05) is 19.9 Å². The molecule has 0 aliphatic carbocycles. The van der Waals surface area contributed by atoms with Crippen molar-refractivity contribution < 1.29 is 14.3 Å². The molecule has 2 N–H and O–H groups in total. The fourth-order valence-electron chi connectivity index (χ4n) is 2.32. The molecule has 132 valence electrons. The summed E-state index contributed by atoms with van der Waals surface area (Å²) in [6.07, 6.45) is 0.755. The van der Waals surface area contributed by atoms with E-state index in [1.807, 2.05) is 23.1 Å². The Kier molecular flexibility index (Phi) is 9.68. The lowest BCUT2D eigenvalue weighted by Gasteiger charge is -2.26. The molecule has 1 aromatic rings. The Labute approximate surface area is 145 Å². The van der Waals surface area contributed by atoms with Crippen molar-refractivity contribution in [3.8, 4) is 11.5 Å². The van der Waals surface area contributed by atoms with Crippen molar-refractivity contribution in [1.82, 2.24) is 4.90 Å². The monoisotopic (exact) mass is 344 g/mol. The molecule has 0 aliphatic heterocycles. The fourth-order valence-corrected chi connectivity index (χ4v) is 2.32. The number of ether oxygens (including phenoxy) is 2. The van der Waals surface area contributed by atoms with Crippen molar-refractivity contribution in [2.45, 2.75) is 33.2 Å². The van der Waals surface area contributed by atoms with Crippen LogP contribution < -0.4 is 15.2 Å². The highest BCUT2D eigenvalue weighted by atomic mass is 35.5. The summed E-state index contributed by atoms with van der Waals surface area (Å²) in [5, 5.41) is 0. The van der Waals surface area contributed by atoms with Crippen LogP contribution >= 0.6 is 12.4 Å². The summed E-state index contributed by atoms with van der Waals surface area (Å²) in [6, 6.07) is 5.35. The first-order valence-corrected chi connectivity index (χ1v) is 7.64. The quantitative estimate of drug-likeness (QED) is 0.787. The van der Waals surface area contributed by atoms with Gasteiger partial charge in [-0.15, -0.1) is 12.4 Å². The third-order valence-electron chi connectivity index (χ3n) is 3.41. The molecule has 0 aliphatic rings. The second-order valence-electron chi connectivity index (χ2n) is 5.91. The maximum atomic E-state index is 12.2. The van der Waals surface area contributed by atoms with E-state index in [2.05, 4.69) is 13.8 Å². The minimum Gasteiger partial charge on any atom is -0.493 e. The Morgan fingerprint density at radius 2 is 1.78 bits per heavy atom. The lowest BCUT2D eigenvalue weighted by atomic mass is 10.1. The first-order valence-electron chi connectivity index (χ1n) is 7.64. The highest BCUT2D eigenvalue weighted by molar-refractivity contribution is 5.85. The molecular weight excluding hydrogens is 316 g/mol. The first kappa shape index (κ1) is 21.5. The van der Waals surface area contributed by atoms with Gasteiger partial charge in [0.1, 0.15) is 0 Å². The fraction of sp³-hybridized carbons (Fsp3) is 0.588. The summed E-state index contributed by atoms with van der Waals surface area (Å²) in [7, 11) is 3.23. The second-order valence-corrected chi connectivity index (χ2v) is 5.91. The van der Waals surface area contributed by atoms with Crippen molar-refractivity contribution in [3.63, 3.8) is 0 Å². The van der Waals surface area contributed by atoms with Gasteiger partial charge >= 0.3 is 0 Å². The first-order chi connectivity index (χ1) is 10.4. The van der Waals surface area contributed by atoms with E-state index in [4.69, 9.17) is 15.2 Å². The molecule has 1 atom stereocenters. The van der Waals surface area contributed by atoms with Crippen LogP contribution in [0.25, 0.3) is 0 Å². The van der Waals surface area contributed by atoms with Crippen LogP contribution in [0.2, 0.25) is 0 Å². The number of hydrogen-bond donors (Lipinski definition) is 1. The van der Waals surface area contributed by atoms with Crippen molar-refractivity contribution in [2.24, 2.45) is 11.7 Å². The van der Waals surface area contributed by atoms with Crippen molar-refractivity contribution in [1.29, 1.82) is 0 Å². The minimum atomic E-state index is -0.468. The normalized spacial score (nSPS) is 11.6. The third-order valence-corrected chi connectivity index (χ3v) is 3.41. The topological polar surface area (TPSA) is 64.8 Å². The maximum Gasteiger partial charge on any atom is 0.239 e.